The summed E-state index contributed by atoms with van der Waals surface area (Å²) in [7, 11) is 0. The van der Waals surface area contributed by atoms with Crippen molar-refractivity contribution in [2.24, 2.45) is 10.9 Å². The maximum atomic E-state index is 13.9. The summed E-state index contributed by atoms with van der Waals surface area (Å²) in [6.07, 6.45) is 6.78. The lowest BCUT2D eigenvalue weighted by Crippen LogP contribution is -2.41. The van der Waals surface area contributed by atoms with Crippen LogP contribution in [0.4, 0.5) is 14.5 Å². The Labute approximate surface area is 168 Å². The van der Waals surface area contributed by atoms with Crippen LogP contribution in [0, 0.1) is 17.6 Å². The summed E-state index contributed by atoms with van der Waals surface area (Å²) in [6, 6.07) is 10.0. The number of aliphatic imine (C=N–C) groups is 1. The van der Waals surface area contributed by atoms with Gasteiger partial charge in [-0.2, -0.15) is 0 Å². The predicted molar refractivity (Wildman–Crippen MR) is 113 cm³/mol. The minimum Gasteiger partial charge on any atom is -0.363 e. The molecular weight excluding hydrogens is 370 g/mol. The van der Waals surface area contributed by atoms with Gasteiger partial charge in [-0.15, -0.1) is 0 Å². The Kier molecular flexibility index (Phi) is 4.79. The molecule has 3 heterocycles. The highest BCUT2D eigenvalue weighted by atomic mass is 19.1. The predicted octanol–water partition coefficient (Wildman–Crippen LogP) is 4.57. The Bertz CT molecular complexity index is 1050. The van der Waals surface area contributed by atoms with Crippen LogP contribution >= 0.6 is 0 Å². The maximum Gasteiger partial charge on any atom is 0.134 e. The number of aromatic nitrogens is 1. The first-order chi connectivity index (χ1) is 14.2. The standard InChI is InChI=1S/C23H24F2N4/c24-17-4-5-18-16(13-26-22(18)12-17)8-11-29-9-6-15(7-10-29)23-27-14-19-20(25)2-1-3-21(19)28-23/h1-5,12-15,23,26,28H,6-11H2. The van der Waals surface area contributed by atoms with Gasteiger partial charge in [0.2, 0.25) is 0 Å². The molecule has 1 aromatic heterocycles. The van der Waals surface area contributed by atoms with E-state index in [0.717, 1.165) is 55.5 Å². The summed E-state index contributed by atoms with van der Waals surface area (Å²) >= 11 is 0. The van der Waals surface area contributed by atoms with E-state index in [1.165, 1.54) is 17.7 Å². The molecule has 0 spiro atoms. The number of H-pyrrole nitrogens is 1. The van der Waals surface area contributed by atoms with E-state index in [0.29, 0.717) is 11.5 Å². The van der Waals surface area contributed by atoms with E-state index in [1.54, 1.807) is 18.3 Å². The van der Waals surface area contributed by atoms with Crippen molar-refractivity contribution < 1.29 is 8.78 Å². The molecule has 3 aromatic rings. The van der Waals surface area contributed by atoms with Gasteiger partial charge < -0.3 is 15.2 Å². The molecular formula is C23H24F2N4. The van der Waals surface area contributed by atoms with Gasteiger partial charge in [-0.25, -0.2) is 8.78 Å². The molecule has 2 N–H and O–H groups in total. The summed E-state index contributed by atoms with van der Waals surface area (Å²) in [4.78, 5) is 10.2. The molecule has 0 saturated carbocycles. The second kappa shape index (κ2) is 7.59. The van der Waals surface area contributed by atoms with Gasteiger partial charge >= 0.3 is 0 Å². The normalized spacial score (nSPS) is 20.0. The monoisotopic (exact) mass is 394 g/mol. The van der Waals surface area contributed by atoms with Gasteiger partial charge in [-0.3, -0.25) is 4.99 Å². The topological polar surface area (TPSA) is 43.4 Å². The third kappa shape index (κ3) is 3.65. The molecule has 6 heteroatoms. The van der Waals surface area contributed by atoms with Crippen molar-refractivity contribution in [2.45, 2.75) is 25.4 Å². The lowest BCUT2D eigenvalue weighted by Gasteiger charge is -2.36. The van der Waals surface area contributed by atoms with E-state index < -0.39 is 0 Å². The van der Waals surface area contributed by atoms with Gasteiger partial charge in [0.05, 0.1) is 5.56 Å². The van der Waals surface area contributed by atoms with E-state index in [9.17, 15) is 8.78 Å². The fraction of sp³-hybridized carbons (Fsp3) is 0.348. The van der Waals surface area contributed by atoms with Crippen molar-refractivity contribution in [3.8, 4) is 0 Å². The Morgan fingerprint density at radius 2 is 1.97 bits per heavy atom. The Morgan fingerprint density at radius 3 is 2.83 bits per heavy atom. The molecule has 5 rings (SSSR count). The molecule has 0 bridgehead atoms. The molecule has 150 valence electrons. The van der Waals surface area contributed by atoms with Crippen LogP contribution in [0.5, 0.6) is 0 Å². The number of likely N-dealkylation sites (tertiary alicyclic amines) is 1. The fourth-order valence-corrected chi connectivity index (χ4v) is 4.52. The fourth-order valence-electron chi connectivity index (χ4n) is 4.52. The van der Waals surface area contributed by atoms with Crippen LogP contribution in [0.25, 0.3) is 10.9 Å². The largest absolute Gasteiger partial charge is 0.363 e. The van der Waals surface area contributed by atoms with Crippen LogP contribution in [-0.2, 0) is 6.42 Å². The van der Waals surface area contributed by atoms with E-state index in [4.69, 9.17) is 0 Å². The van der Waals surface area contributed by atoms with Crippen molar-refractivity contribution in [2.75, 3.05) is 25.0 Å². The first kappa shape index (κ1) is 18.3. The maximum absolute atomic E-state index is 13.9. The number of halogens is 2. The number of hydrogen-bond donors (Lipinski definition) is 2. The van der Waals surface area contributed by atoms with Gasteiger partial charge in [0.25, 0.3) is 0 Å². The SMILES string of the molecule is Fc1ccc2c(CCN3CCC(C4N=Cc5c(F)cccc5N4)CC3)c[nH]c2c1. The summed E-state index contributed by atoms with van der Waals surface area (Å²) in [5.41, 5.74) is 3.49. The molecule has 1 unspecified atom stereocenters. The van der Waals surface area contributed by atoms with Gasteiger partial charge in [0, 0.05) is 41.5 Å². The van der Waals surface area contributed by atoms with Crippen molar-refractivity contribution in [1.82, 2.24) is 9.88 Å². The zero-order valence-corrected chi connectivity index (χ0v) is 16.2. The van der Waals surface area contributed by atoms with Crippen molar-refractivity contribution in [1.29, 1.82) is 0 Å². The molecule has 2 aliphatic rings. The first-order valence-electron chi connectivity index (χ1n) is 10.2. The summed E-state index contributed by atoms with van der Waals surface area (Å²) in [6.45, 7) is 3.06. The second-order valence-electron chi connectivity index (χ2n) is 8.00. The summed E-state index contributed by atoms with van der Waals surface area (Å²) in [5.74, 6) is 0.0133. The molecule has 29 heavy (non-hydrogen) atoms. The van der Waals surface area contributed by atoms with Gasteiger partial charge in [-0.05, 0) is 68.2 Å². The second-order valence-corrected chi connectivity index (χ2v) is 8.00. The Hall–Kier alpha value is -2.73. The quantitative estimate of drug-likeness (QED) is 0.681. The number of piperidine rings is 1. The number of hydrogen-bond acceptors (Lipinski definition) is 3. The number of rotatable bonds is 4. The molecule has 1 atom stereocenters. The van der Waals surface area contributed by atoms with Crippen molar-refractivity contribution >= 4 is 22.8 Å². The van der Waals surface area contributed by atoms with Gasteiger partial charge in [0.15, 0.2) is 0 Å². The third-order valence-electron chi connectivity index (χ3n) is 6.23. The zero-order valence-electron chi connectivity index (χ0n) is 16.2. The number of nitrogens with one attached hydrogen (secondary N) is 2. The van der Waals surface area contributed by atoms with E-state index in [-0.39, 0.29) is 17.8 Å². The summed E-state index contributed by atoms with van der Waals surface area (Å²) < 4.78 is 27.2. The molecule has 0 aliphatic carbocycles. The number of nitrogens with zero attached hydrogens (tertiary/aromatic N) is 2. The molecule has 1 saturated heterocycles. The minimum atomic E-state index is -0.230. The van der Waals surface area contributed by atoms with E-state index in [1.807, 2.05) is 18.3 Å². The molecule has 2 aliphatic heterocycles. The van der Waals surface area contributed by atoms with Crippen LogP contribution in [0.3, 0.4) is 0 Å². The molecule has 2 aromatic carbocycles. The van der Waals surface area contributed by atoms with Gasteiger partial charge in [0.1, 0.15) is 17.8 Å². The smallest absolute Gasteiger partial charge is 0.134 e. The van der Waals surface area contributed by atoms with Gasteiger partial charge in [-0.1, -0.05) is 6.07 Å². The van der Waals surface area contributed by atoms with Crippen molar-refractivity contribution in [3.63, 3.8) is 0 Å². The Morgan fingerprint density at radius 1 is 1.10 bits per heavy atom. The number of fused-ring (bicyclic) bond motifs is 2. The van der Waals surface area contributed by atoms with Crippen LogP contribution in [0.15, 0.2) is 47.6 Å². The van der Waals surface area contributed by atoms with Crippen LogP contribution in [0.1, 0.15) is 24.0 Å². The third-order valence-corrected chi connectivity index (χ3v) is 6.23. The number of aromatic amines is 1. The number of anilines is 1. The Balaban J connectivity index is 1.16. The van der Waals surface area contributed by atoms with Crippen molar-refractivity contribution in [3.05, 3.63) is 65.4 Å². The average Bonchev–Trinajstić information content (AvgIpc) is 3.14. The number of benzene rings is 2. The highest BCUT2D eigenvalue weighted by Gasteiger charge is 2.28. The van der Waals surface area contributed by atoms with E-state index in [2.05, 4.69) is 20.2 Å². The molecule has 0 radical (unpaired) electrons. The average molecular weight is 394 g/mol. The molecule has 0 amide bonds. The summed E-state index contributed by atoms with van der Waals surface area (Å²) in [5, 5.41) is 4.51. The molecule has 1 fully saturated rings. The van der Waals surface area contributed by atoms with Crippen LogP contribution < -0.4 is 5.32 Å². The minimum absolute atomic E-state index is 0.0231. The zero-order chi connectivity index (χ0) is 19.8. The highest BCUT2D eigenvalue weighted by molar-refractivity contribution is 5.90. The molecule has 4 nitrogen and oxygen atoms in total. The lowest BCUT2D eigenvalue weighted by atomic mass is 9.92. The first-order valence-corrected chi connectivity index (χ1v) is 10.2. The van der Waals surface area contributed by atoms with E-state index >= 15 is 0 Å². The van der Waals surface area contributed by atoms with Crippen LogP contribution in [0.2, 0.25) is 0 Å². The highest BCUT2D eigenvalue weighted by Crippen LogP contribution is 2.29. The van der Waals surface area contributed by atoms with Crippen LogP contribution in [-0.4, -0.2) is 41.9 Å². The lowest BCUT2D eigenvalue weighted by molar-refractivity contribution is 0.176.